The van der Waals surface area contributed by atoms with Crippen LogP contribution in [0.25, 0.3) is 0 Å². The molecule has 0 heterocycles. The molecule has 0 spiro atoms. The smallest absolute Gasteiger partial charge is 0.335 e. The van der Waals surface area contributed by atoms with Crippen molar-refractivity contribution in [2.24, 2.45) is 0 Å². The maximum absolute atomic E-state index is 13.2. The fourth-order valence-electron chi connectivity index (χ4n) is 1.92. The van der Waals surface area contributed by atoms with Crippen molar-refractivity contribution in [3.63, 3.8) is 0 Å². The Hall–Kier alpha value is -2.40. The number of rotatable bonds is 6. The van der Waals surface area contributed by atoms with E-state index in [2.05, 4.69) is 5.32 Å². The molecule has 0 saturated carbocycles. The molecule has 0 fully saturated rings. The highest BCUT2D eigenvalue weighted by Gasteiger charge is 2.06. The first-order chi connectivity index (χ1) is 10.1. The van der Waals surface area contributed by atoms with Gasteiger partial charge in [-0.2, -0.15) is 0 Å². The molecule has 2 N–H and O–H groups in total. The highest BCUT2D eigenvalue weighted by molar-refractivity contribution is 5.87. The number of carboxylic acids is 1. The molecule has 0 aliphatic carbocycles. The van der Waals surface area contributed by atoms with E-state index in [-0.39, 0.29) is 11.4 Å². The number of carbonyl (C=O) groups is 1. The Morgan fingerprint density at radius 3 is 2.57 bits per heavy atom. The summed E-state index contributed by atoms with van der Waals surface area (Å²) in [4.78, 5) is 10.8. The van der Waals surface area contributed by atoms with Crippen LogP contribution in [0.5, 0.6) is 5.75 Å². The van der Waals surface area contributed by atoms with Gasteiger partial charge in [0.2, 0.25) is 0 Å². The Bertz CT molecular complexity index is 626. The van der Waals surface area contributed by atoms with Crippen LogP contribution < -0.4 is 10.1 Å². The second-order valence-corrected chi connectivity index (χ2v) is 4.57. The lowest BCUT2D eigenvalue weighted by molar-refractivity contribution is 0.0697. The minimum Gasteiger partial charge on any atom is -0.489 e. The van der Waals surface area contributed by atoms with Gasteiger partial charge in [-0.25, -0.2) is 9.18 Å². The minimum atomic E-state index is -0.961. The van der Waals surface area contributed by atoms with Gasteiger partial charge in [-0.1, -0.05) is 12.1 Å². The van der Waals surface area contributed by atoms with E-state index in [1.807, 2.05) is 0 Å². The molecule has 5 heteroatoms. The van der Waals surface area contributed by atoms with Crippen LogP contribution in [0.2, 0.25) is 0 Å². The van der Waals surface area contributed by atoms with Crippen LogP contribution in [0.15, 0.2) is 42.5 Å². The van der Waals surface area contributed by atoms with Gasteiger partial charge in [0.15, 0.2) is 0 Å². The zero-order valence-corrected chi connectivity index (χ0v) is 11.6. The second kappa shape index (κ2) is 6.85. The predicted octanol–water partition coefficient (Wildman–Crippen LogP) is 2.82. The fourth-order valence-corrected chi connectivity index (χ4v) is 1.92. The number of hydrogen-bond donors (Lipinski definition) is 2. The topological polar surface area (TPSA) is 58.6 Å². The van der Waals surface area contributed by atoms with Gasteiger partial charge in [-0.15, -0.1) is 0 Å². The molecular formula is C16H16FNO3. The summed E-state index contributed by atoms with van der Waals surface area (Å²) in [6.45, 7) is 0.799. The number of aromatic carboxylic acids is 1. The van der Waals surface area contributed by atoms with E-state index in [0.29, 0.717) is 18.9 Å². The van der Waals surface area contributed by atoms with Crippen LogP contribution >= 0.6 is 0 Å². The van der Waals surface area contributed by atoms with Crippen molar-refractivity contribution >= 4 is 5.97 Å². The fraction of sp³-hybridized carbons (Fsp3) is 0.188. The molecule has 2 rings (SSSR count). The molecule has 110 valence electrons. The predicted molar refractivity (Wildman–Crippen MR) is 76.9 cm³/mol. The third-order valence-corrected chi connectivity index (χ3v) is 2.98. The Labute approximate surface area is 122 Å². The van der Waals surface area contributed by atoms with Gasteiger partial charge in [-0.05, 0) is 42.9 Å². The van der Waals surface area contributed by atoms with E-state index in [1.165, 1.54) is 24.3 Å². The van der Waals surface area contributed by atoms with Crippen LogP contribution in [0.3, 0.4) is 0 Å². The standard InChI is InChI=1S/C16H16FNO3/c1-18-9-13-8-14(17)6-7-15(13)21-10-11-2-4-12(5-3-11)16(19)20/h2-8,18H,9-10H2,1H3,(H,19,20). The van der Waals surface area contributed by atoms with E-state index in [0.717, 1.165) is 11.1 Å². The van der Waals surface area contributed by atoms with Crippen LogP contribution in [-0.4, -0.2) is 18.1 Å². The zero-order valence-electron chi connectivity index (χ0n) is 11.6. The van der Waals surface area contributed by atoms with E-state index < -0.39 is 5.97 Å². The monoisotopic (exact) mass is 289 g/mol. The van der Waals surface area contributed by atoms with E-state index in [1.54, 1.807) is 25.2 Å². The molecule has 0 unspecified atom stereocenters. The molecule has 0 saturated heterocycles. The van der Waals surface area contributed by atoms with Gasteiger partial charge < -0.3 is 15.2 Å². The SMILES string of the molecule is CNCc1cc(F)ccc1OCc1ccc(C(=O)O)cc1. The first kappa shape index (κ1) is 15.0. The average molecular weight is 289 g/mol. The Morgan fingerprint density at radius 1 is 1.24 bits per heavy atom. The Balaban J connectivity index is 2.07. The highest BCUT2D eigenvalue weighted by atomic mass is 19.1. The molecule has 0 aliphatic rings. The van der Waals surface area contributed by atoms with Gasteiger partial charge in [-0.3, -0.25) is 0 Å². The van der Waals surface area contributed by atoms with E-state index in [9.17, 15) is 9.18 Å². The van der Waals surface area contributed by atoms with Crippen LogP contribution in [0.4, 0.5) is 4.39 Å². The Morgan fingerprint density at radius 2 is 1.95 bits per heavy atom. The van der Waals surface area contributed by atoms with Crippen molar-refractivity contribution in [1.82, 2.24) is 5.32 Å². The third kappa shape index (κ3) is 4.03. The summed E-state index contributed by atoms with van der Waals surface area (Å²) in [6.07, 6.45) is 0. The van der Waals surface area contributed by atoms with Crippen molar-refractivity contribution in [1.29, 1.82) is 0 Å². The van der Waals surface area contributed by atoms with Crippen molar-refractivity contribution in [3.8, 4) is 5.75 Å². The number of halogens is 1. The second-order valence-electron chi connectivity index (χ2n) is 4.57. The molecule has 2 aromatic rings. The number of benzene rings is 2. The summed E-state index contributed by atoms with van der Waals surface area (Å²) in [5, 5.41) is 11.8. The zero-order chi connectivity index (χ0) is 15.2. The first-order valence-corrected chi connectivity index (χ1v) is 6.48. The quantitative estimate of drug-likeness (QED) is 0.858. The summed E-state index contributed by atoms with van der Waals surface area (Å²) < 4.78 is 18.9. The van der Waals surface area contributed by atoms with Gasteiger partial charge in [0, 0.05) is 12.1 Å². The summed E-state index contributed by atoms with van der Waals surface area (Å²) in [5.41, 5.74) is 1.82. The van der Waals surface area contributed by atoms with E-state index >= 15 is 0 Å². The Kier molecular flexibility index (Phi) is 4.90. The molecule has 0 radical (unpaired) electrons. The van der Waals surface area contributed by atoms with Crippen molar-refractivity contribution in [3.05, 3.63) is 65.0 Å². The molecule has 0 aliphatic heterocycles. The normalized spacial score (nSPS) is 10.4. The van der Waals surface area contributed by atoms with Crippen molar-refractivity contribution < 1.29 is 19.0 Å². The number of ether oxygens (including phenoxy) is 1. The van der Waals surface area contributed by atoms with Crippen molar-refractivity contribution in [2.45, 2.75) is 13.2 Å². The summed E-state index contributed by atoms with van der Waals surface area (Å²) >= 11 is 0. The highest BCUT2D eigenvalue weighted by Crippen LogP contribution is 2.21. The molecule has 2 aromatic carbocycles. The summed E-state index contributed by atoms with van der Waals surface area (Å²) in [6, 6.07) is 10.8. The molecule has 0 aromatic heterocycles. The first-order valence-electron chi connectivity index (χ1n) is 6.48. The molecular weight excluding hydrogens is 273 g/mol. The summed E-state index contributed by atoms with van der Waals surface area (Å²) in [7, 11) is 1.78. The largest absolute Gasteiger partial charge is 0.489 e. The van der Waals surface area contributed by atoms with Gasteiger partial charge >= 0.3 is 5.97 Å². The minimum absolute atomic E-state index is 0.233. The molecule has 0 bridgehead atoms. The summed E-state index contributed by atoms with van der Waals surface area (Å²) in [5.74, 6) is -0.663. The van der Waals surface area contributed by atoms with Gasteiger partial charge in [0.1, 0.15) is 18.2 Å². The maximum Gasteiger partial charge on any atom is 0.335 e. The lowest BCUT2D eigenvalue weighted by atomic mass is 10.1. The molecule has 0 amide bonds. The van der Waals surface area contributed by atoms with Crippen LogP contribution in [0, 0.1) is 5.82 Å². The average Bonchev–Trinajstić information content (AvgIpc) is 2.47. The molecule has 0 atom stereocenters. The van der Waals surface area contributed by atoms with Gasteiger partial charge in [0.05, 0.1) is 5.56 Å². The molecule has 21 heavy (non-hydrogen) atoms. The van der Waals surface area contributed by atoms with Gasteiger partial charge in [0.25, 0.3) is 0 Å². The van der Waals surface area contributed by atoms with Crippen LogP contribution in [0.1, 0.15) is 21.5 Å². The van der Waals surface area contributed by atoms with E-state index in [4.69, 9.17) is 9.84 Å². The van der Waals surface area contributed by atoms with Crippen molar-refractivity contribution in [2.75, 3.05) is 7.05 Å². The lowest BCUT2D eigenvalue weighted by Gasteiger charge is -2.11. The number of carboxylic acid groups (broad SMARTS) is 1. The number of nitrogens with one attached hydrogen (secondary N) is 1. The lowest BCUT2D eigenvalue weighted by Crippen LogP contribution is -2.08. The maximum atomic E-state index is 13.2. The van der Waals surface area contributed by atoms with Crippen LogP contribution in [-0.2, 0) is 13.2 Å². The number of hydrogen-bond acceptors (Lipinski definition) is 3. The third-order valence-electron chi connectivity index (χ3n) is 2.98. The molecule has 4 nitrogen and oxygen atoms in total.